The molecule has 2 aromatic rings. The van der Waals surface area contributed by atoms with E-state index in [0.29, 0.717) is 18.7 Å². The van der Waals surface area contributed by atoms with Gasteiger partial charge in [-0.25, -0.2) is 8.42 Å². The highest BCUT2D eigenvalue weighted by Crippen LogP contribution is 2.27. The minimum atomic E-state index is -3.54. The number of hydrogen-bond acceptors (Lipinski definition) is 4. The van der Waals surface area contributed by atoms with Crippen molar-refractivity contribution in [1.82, 2.24) is 4.31 Å². The molecular weight excluding hydrogens is 288 g/mol. The van der Waals surface area contributed by atoms with Crippen LogP contribution in [0.4, 0.5) is 5.69 Å². The molecule has 1 aliphatic rings. The van der Waals surface area contributed by atoms with Gasteiger partial charge in [0.05, 0.1) is 4.90 Å². The maximum absolute atomic E-state index is 12.6. The normalized spacial score (nSPS) is 15.6. The Morgan fingerprint density at radius 2 is 1.76 bits per heavy atom. The molecular formula is C15H16N2O3S. The topological polar surface area (TPSA) is 83.6 Å². The van der Waals surface area contributed by atoms with Crippen molar-refractivity contribution in [3.8, 4) is 5.75 Å². The molecule has 0 amide bonds. The van der Waals surface area contributed by atoms with E-state index in [4.69, 9.17) is 5.73 Å². The fourth-order valence-electron chi connectivity index (χ4n) is 2.51. The maximum Gasteiger partial charge on any atom is 0.243 e. The number of benzene rings is 2. The summed E-state index contributed by atoms with van der Waals surface area (Å²) in [5.41, 5.74) is 8.05. The van der Waals surface area contributed by atoms with E-state index < -0.39 is 10.0 Å². The van der Waals surface area contributed by atoms with Gasteiger partial charge in [-0.05, 0) is 53.9 Å². The summed E-state index contributed by atoms with van der Waals surface area (Å²) in [7, 11) is -3.54. The van der Waals surface area contributed by atoms with Gasteiger partial charge in [-0.1, -0.05) is 6.07 Å². The molecule has 0 radical (unpaired) electrons. The average Bonchev–Trinajstić information content (AvgIpc) is 2.47. The van der Waals surface area contributed by atoms with Crippen LogP contribution in [0.2, 0.25) is 0 Å². The molecule has 21 heavy (non-hydrogen) atoms. The van der Waals surface area contributed by atoms with Crippen LogP contribution in [0.15, 0.2) is 47.4 Å². The Labute approximate surface area is 123 Å². The number of fused-ring (bicyclic) bond motifs is 1. The highest BCUT2D eigenvalue weighted by atomic mass is 32.2. The van der Waals surface area contributed by atoms with E-state index in [9.17, 15) is 13.5 Å². The van der Waals surface area contributed by atoms with Crippen molar-refractivity contribution in [1.29, 1.82) is 0 Å². The molecule has 1 heterocycles. The molecule has 1 aliphatic heterocycles. The minimum absolute atomic E-state index is 0.153. The molecule has 0 aromatic heterocycles. The quantitative estimate of drug-likeness (QED) is 0.828. The molecule has 2 aromatic carbocycles. The highest BCUT2D eigenvalue weighted by molar-refractivity contribution is 7.89. The van der Waals surface area contributed by atoms with Gasteiger partial charge in [0.2, 0.25) is 10.0 Å². The van der Waals surface area contributed by atoms with E-state index in [2.05, 4.69) is 0 Å². The van der Waals surface area contributed by atoms with Gasteiger partial charge in [0, 0.05) is 18.8 Å². The monoisotopic (exact) mass is 304 g/mol. The SMILES string of the molecule is Nc1ccc(S(=O)(=O)N2CCc3ccc(O)cc3C2)cc1. The summed E-state index contributed by atoms with van der Waals surface area (Å²) >= 11 is 0. The number of hydrogen-bond donors (Lipinski definition) is 2. The fraction of sp³-hybridized carbons (Fsp3) is 0.200. The molecule has 110 valence electrons. The van der Waals surface area contributed by atoms with Gasteiger partial charge < -0.3 is 10.8 Å². The van der Waals surface area contributed by atoms with Crippen LogP contribution < -0.4 is 5.73 Å². The van der Waals surface area contributed by atoms with Crippen molar-refractivity contribution >= 4 is 15.7 Å². The number of rotatable bonds is 2. The van der Waals surface area contributed by atoms with Crippen LogP contribution in [-0.4, -0.2) is 24.4 Å². The van der Waals surface area contributed by atoms with Crippen LogP contribution in [0.5, 0.6) is 5.75 Å². The van der Waals surface area contributed by atoms with E-state index in [1.807, 2.05) is 6.07 Å². The van der Waals surface area contributed by atoms with Crippen LogP contribution >= 0.6 is 0 Å². The van der Waals surface area contributed by atoms with E-state index in [1.165, 1.54) is 16.4 Å². The third-order valence-electron chi connectivity index (χ3n) is 3.68. The Kier molecular flexibility index (Phi) is 3.35. The lowest BCUT2D eigenvalue weighted by Gasteiger charge is -2.28. The lowest BCUT2D eigenvalue weighted by molar-refractivity contribution is 0.389. The lowest BCUT2D eigenvalue weighted by Crippen LogP contribution is -2.35. The zero-order chi connectivity index (χ0) is 15.0. The van der Waals surface area contributed by atoms with E-state index in [1.54, 1.807) is 24.3 Å². The Balaban J connectivity index is 1.93. The van der Waals surface area contributed by atoms with Gasteiger partial charge in [0.1, 0.15) is 5.75 Å². The van der Waals surface area contributed by atoms with Crippen LogP contribution in [0.1, 0.15) is 11.1 Å². The number of anilines is 1. The zero-order valence-electron chi connectivity index (χ0n) is 11.4. The molecule has 0 atom stereocenters. The third kappa shape index (κ3) is 2.59. The first-order valence-electron chi connectivity index (χ1n) is 6.63. The van der Waals surface area contributed by atoms with Crippen LogP contribution in [0, 0.1) is 0 Å². The van der Waals surface area contributed by atoms with Crippen molar-refractivity contribution in [3.63, 3.8) is 0 Å². The summed E-state index contributed by atoms with van der Waals surface area (Å²) in [5, 5.41) is 9.54. The second-order valence-electron chi connectivity index (χ2n) is 5.11. The molecule has 0 saturated carbocycles. The summed E-state index contributed by atoms with van der Waals surface area (Å²) in [6, 6.07) is 11.3. The van der Waals surface area contributed by atoms with Crippen molar-refractivity contribution < 1.29 is 13.5 Å². The van der Waals surface area contributed by atoms with E-state index in [-0.39, 0.29) is 17.2 Å². The maximum atomic E-state index is 12.6. The second kappa shape index (κ2) is 5.05. The average molecular weight is 304 g/mol. The Morgan fingerprint density at radius 3 is 2.48 bits per heavy atom. The van der Waals surface area contributed by atoms with E-state index >= 15 is 0 Å². The van der Waals surface area contributed by atoms with Crippen molar-refractivity contribution in [2.75, 3.05) is 12.3 Å². The van der Waals surface area contributed by atoms with Gasteiger partial charge >= 0.3 is 0 Å². The lowest BCUT2D eigenvalue weighted by atomic mass is 10.0. The standard InChI is InChI=1S/C15H16N2O3S/c16-13-2-5-15(6-3-13)21(19,20)17-8-7-11-1-4-14(18)9-12(11)10-17/h1-6,9,18H,7-8,10,16H2. The number of phenolic OH excluding ortho intramolecular Hbond substituents is 1. The number of nitrogen functional groups attached to an aromatic ring is 1. The number of sulfonamides is 1. The predicted molar refractivity (Wildman–Crippen MR) is 80.3 cm³/mol. The Hall–Kier alpha value is -2.05. The van der Waals surface area contributed by atoms with Gasteiger partial charge in [-0.2, -0.15) is 4.31 Å². The Morgan fingerprint density at radius 1 is 1.05 bits per heavy atom. The van der Waals surface area contributed by atoms with Gasteiger partial charge in [-0.3, -0.25) is 0 Å². The summed E-state index contributed by atoms with van der Waals surface area (Å²) in [6.07, 6.45) is 0.643. The highest BCUT2D eigenvalue weighted by Gasteiger charge is 2.28. The first-order valence-corrected chi connectivity index (χ1v) is 8.07. The molecule has 6 heteroatoms. The van der Waals surface area contributed by atoms with Crippen molar-refractivity contribution in [3.05, 3.63) is 53.6 Å². The molecule has 0 unspecified atom stereocenters. The smallest absolute Gasteiger partial charge is 0.243 e. The largest absolute Gasteiger partial charge is 0.508 e. The third-order valence-corrected chi connectivity index (χ3v) is 5.54. The Bertz CT molecular complexity index is 770. The molecule has 5 nitrogen and oxygen atoms in total. The van der Waals surface area contributed by atoms with Gasteiger partial charge in [0.25, 0.3) is 0 Å². The minimum Gasteiger partial charge on any atom is -0.508 e. The number of nitrogens with zero attached hydrogens (tertiary/aromatic N) is 1. The number of phenols is 1. The van der Waals surface area contributed by atoms with Crippen LogP contribution in [0.3, 0.4) is 0 Å². The fourth-order valence-corrected chi connectivity index (χ4v) is 3.93. The summed E-state index contributed by atoms with van der Waals surface area (Å²) in [5.74, 6) is 0.153. The molecule has 3 N–H and O–H groups in total. The molecule has 3 rings (SSSR count). The second-order valence-corrected chi connectivity index (χ2v) is 7.05. The number of aromatic hydroxyl groups is 1. The van der Waals surface area contributed by atoms with Gasteiger partial charge in [0.15, 0.2) is 0 Å². The molecule has 0 aliphatic carbocycles. The zero-order valence-corrected chi connectivity index (χ0v) is 12.2. The molecule has 0 spiro atoms. The van der Waals surface area contributed by atoms with Gasteiger partial charge in [-0.15, -0.1) is 0 Å². The van der Waals surface area contributed by atoms with Crippen LogP contribution in [-0.2, 0) is 23.0 Å². The first kappa shape index (κ1) is 13.9. The summed E-state index contributed by atoms with van der Waals surface area (Å²) in [6.45, 7) is 0.709. The number of nitrogens with two attached hydrogens (primary N) is 1. The molecule has 0 bridgehead atoms. The first-order chi connectivity index (χ1) is 9.96. The predicted octanol–water partition coefficient (Wildman–Crippen LogP) is 1.72. The van der Waals surface area contributed by atoms with E-state index in [0.717, 1.165) is 11.1 Å². The summed E-state index contributed by atoms with van der Waals surface area (Å²) in [4.78, 5) is 0.236. The van der Waals surface area contributed by atoms with Crippen molar-refractivity contribution in [2.45, 2.75) is 17.9 Å². The van der Waals surface area contributed by atoms with Crippen molar-refractivity contribution in [2.24, 2.45) is 0 Å². The van der Waals surface area contributed by atoms with Crippen LogP contribution in [0.25, 0.3) is 0 Å². The summed E-state index contributed by atoms with van der Waals surface area (Å²) < 4.78 is 26.7. The molecule has 0 saturated heterocycles. The molecule has 0 fully saturated rings.